The molecule has 7 atom stereocenters. The summed E-state index contributed by atoms with van der Waals surface area (Å²) in [4.78, 5) is 23.3. The molecule has 4 heteroatoms. The predicted octanol–water partition coefficient (Wildman–Crippen LogP) is 3.44. The summed E-state index contributed by atoms with van der Waals surface area (Å²) in [6, 6.07) is 0.370. The van der Waals surface area contributed by atoms with Crippen molar-refractivity contribution in [1.29, 1.82) is 0 Å². The predicted molar refractivity (Wildman–Crippen MR) is 91.1 cm³/mol. The molecule has 134 valence electrons. The highest BCUT2D eigenvalue weighted by Gasteiger charge is 2.61. The number of carbonyl (C=O) groups is 2. The maximum absolute atomic E-state index is 11.8. The highest BCUT2D eigenvalue weighted by atomic mass is 16.5. The summed E-state index contributed by atoms with van der Waals surface area (Å²) < 4.78 is 5.71. The van der Waals surface area contributed by atoms with E-state index >= 15 is 0 Å². The van der Waals surface area contributed by atoms with Crippen molar-refractivity contribution < 1.29 is 14.3 Å². The third-order valence-electron chi connectivity index (χ3n) is 8.32. The van der Waals surface area contributed by atoms with E-state index in [0.29, 0.717) is 24.3 Å². The van der Waals surface area contributed by atoms with Crippen molar-refractivity contribution in [2.24, 2.45) is 28.6 Å². The van der Waals surface area contributed by atoms with Gasteiger partial charge >= 0.3 is 5.97 Å². The summed E-state index contributed by atoms with van der Waals surface area (Å²) in [6.45, 7) is 6.33. The summed E-state index contributed by atoms with van der Waals surface area (Å²) in [5, 5.41) is 3.29. The first-order valence-electron chi connectivity index (χ1n) is 9.81. The maximum atomic E-state index is 11.8. The number of ether oxygens (including phenoxy) is 1. The van der Waals surface area contributed by atoms with Crippen molar-refractivity contribution in [3.63, 3.8) is 0 Å². The highest BCUT2D eigenvalue weighted by Crippen LogP contribution is 2.64. The molecule has 1 aliphatic heterocycles. The molecule has 0 aromatic rings. The smallest absolute Gasteiger partial charge is 0.302 e. The lowest BCUT2D eigenvalue weighted by Gasteiger charge is -2.60. The minimum absolute atomic E-state index is 0.109. The fourth-order valence-electron chi connectivity index (χ4n) is 7.05. The van der Waals surface area contributed by atoms with Gasteiger partial charge in [-0.1, -0.05) is 13.8 Å². The van der Waals surface area contributed by atoms with Gasteiger partial charge in [-0.3, -0.25) is 9.59 Å². The summed E-state index contributed by atoms with van der Waals surface area (Å²) in [5.74, 6) is 2.24. The molecule has 0 aromatic carbocycles. The van der Waals surface area contributed by atoms with Crippen LogP contribution in [0, 0.1) is 28.6 Å². The molecule has 0 aromatic heterocycles. The second kappa shape index (κ2) is 5.47. The quantitative estimate of drug-likeness (QED) is 0.748. The zero-order valence-electron chi connectivity index (χ0n) is 15.3. The number of hydrogen-bond acceptors (Lipinski definition) is 3. The van der Waals surface area contributed by atoms with Gasteiger partial charge in [-0.15, -0.1) is 0 Å². The minimum atomic E-state index is -0.130. The monoisotopic (exact) mass is 333 g/mol. The van der Waals surface area contributed by atoms with Crippen molar-refractivity contribution in [1.82, 2.24) is 5.32 Å². The van der Waals surface area contributed by atoms with E-state index in [4.69, 9.17) is 4.74 Å². The Hall–Kier alpha value is -1.06. The zero-order valence-corrected chi connectivity index (χ0v) is 15.3. The molecular weight excluding hydrogens is 302 g/mol. The Balaban J connectivity index is 1.58. The van der Waals surface area contributed by atoms with Crippen LogP contribution in [-0.4, -0.2) is 24.0 Å². The molecule has 0 radical (unpaired) electrons. The van der Waals surface area contributed by atoms with E-state index in [9.17, 15) is 9.59 Å². The number of carbonyl (C=O) groups excluding carboxylic acids is 2. The normalized spacial score (nSPS) is 50.3. The van der Waals surface area contributed by atoms with E-state index in [1.807, 2.05) is 0 Å². The Kier molecular flexibility index (Phi) is 3.74. The molecule has 0 spiro atoms. The number of fused-ring (bicyclic) bond motifs is 5. The molecule has 1 saturated heterocycles. The van der Waals surface area contributed by atoms with Gasteiger partial charge in [-0.05, 0) is 68.1 Å². The Labute approximate surface area is 145 Å². The first kappa shape index (κ1) is 16.4. The summed E-state index contributed by atoms with van der Waals surface area (Å²) in [6.07, 6.45) is 8.79. The van der Waals surface area contributed by atoms with Crippen LogP contribution in [0.15, 0.2) is 0 Å². The largest absolute Gasteiger partial charge is 0.462 e. The fraction of sp³-hybridized carbons (Fsp3) is 0.900. The van der Waals surface area contributed by atoms with Gasteiger partial charge in [-0.2, -0.15) is 0 Å². The molecule has 3 saturated carbocycles. The van der Waals surface area contributed by atoms with E-state index < -0.39 is 0 Å². The molecule has 4 rings (SSSR count). The summed E-state index contributed by atoms with van der Waals surface area (Å²) in [7, 11) is 0. The van der Waals surface area contributed by atoms with Crippen LogP contribution in [0.5, 0.6) is 0 Å². The van der Waals surface area contributed by atoms with Crippen molar-refractivity contribution in [3.8, 4) is 0 Å². The molecule has 0 unspecified atom stereocenters. The van der Waals surface area contributed by atoms with Gasteiger partial charge in [0.2, 0.25) is 5.91 Å². The standard InChI is InChI=1S/C20H31NO3/c1-12(22)24-17-7-5-14-13-4-6-16-19(2,11-9-18(23)21-16)15(13)8-10-20(14,17)3/h13-17H,4-11H2,1-3H3,(H,21,23)/t13-,14-,15-,16+,17-,19+,20-/m0/s1. The lowest BCUT2D eigenvalue weighted by atomic mass is 9.47. The van der Waals surface area contributed by atoms with Gasteiger partial charge in [0.25, 0.3) is 0 Å². The molecular formula is C20H31NO3. The summed E-state index contributed by atoms with van der Waals surface area (Å²) >= 11 is 0. The van der Waals surface area contributed by atoms with Crippen LogP contribution in [0.2, 0.25) is 0 Å². The molecule has 4 fully saturated rings. The molecule has 0 bridgehead atoms. The van der Waals surface area contributed by atoms with Gasteiger partial charge in [0.05, 0.1) is 0 Å². The number of nitrogens with one attached hydrogen (secondary N) is 1. The van der Waals surface area contributed by atoms with Crippen LogP contribution in [0.1, 0.15) is 72.1 Å². The average molecular weight is 333 g/mol. The lowest BCUT2D eigenvalue weighted by Crippen LogP contribution is -2.61. The van der Waals surface area contributed by atoms with Crippen LogP contribution in [0.4, 0.5) is 0 Å². The number of hydrogen-bond donors (Lipinski definition) is 1. The van der Waals surface area contributed by atoms with Gasteiger partial charge in [0.1, 0.15) is 6.10 Å². The summed E-state index contributed by atoms with van der Waals surface area (Å²) in [5.41, 5.74) is 0.422. The molecule has 1 amide bonds. The Morgan fingerprint density at radius 1 is 1.04 bits per heavy atom. The number of piperidine rings is 1. The zero-order chi connectivity index (χ0) is 17.1. The van der Waals surface area contributed by atoms with E-state index in [-0.39, 0.29) is 28.8 Å². The third kappa shape index (κ3) is 2.24. The second-order valence-corrected chi connectivity index (χ2v) is 9.30. The third-order valence-corrected chi connectivity index (χ3v) is 8.32. The molecule has 4 aliphatic rings. The van der Waals surface area contributed by atoms with E-state index in [1.165, 1.54) is 19.3 Å². The van der Waals surface area contributed by atoms with Crippen LogP contribution in [0.3, 0.4) is 0 Å². The van der Waals surface area contributed by atoms with Crippen molar-refractivity contribution in [3.05, 3.63) is 0 Å². The van der Waals surface area contributed by atoms with Crippen molar-refractivity contribution in [2.75, 3.05) is 0 Å². The SMILES string of the molecule is CC(=O)O[C@H]1CC[C@H]2[C@@H]3CC[C@H]4NC(=O)CC[C@]4(C)[C@H]3CC[C@]12C. The van der Waals surface area contributed by atoms with Crippen molar-refractivity contribution in [2.45, 2.75) is 84.3 Å². The van der Waals surface area contributed by atoms with Gasteiger partial charge < -0.3 is 10.1 Å². The molecule has 3 aliphatic carbocycles. The van der Waals surface area contributed by atoms with E-state index in [0.717, 1.165) is 31.6 Å². The van der Waals surface area contributed by atoms with Crippen LogP contribution >= 0.6 is 0 Å². The van der Waals surface area contributed by atoms with Crippen molar-refractivity contribution >= 4 is 11.9 Å². The number of esters is 1. The Morgan fingerprint density at radius 2 is 1.79 bits per heavy atom. The first-order valence-corrected chi connectivity index (χ1v) is 9.81. The molecule has 1 N–H and O–H groups in total. The molecule has 24 heavy (non-hydrogen) atoms. The Morgan fingerprint density at radius 3 is 2.54 bits per heavy atom. The number of rotatable bonds is 1. The molecule has 4 nitrogen and oxygen atoms in total. The highest BCUT2D eigenvalue weighted by molar-refractivity contribution is 5.77. The van der Waals surface area contributed by atoms with Gasteiger partial charge in [0, 0.05) is 24.8 Å². The van der Waals surface area contributed by atoms with E-state index in [1.54, 1.807) is 6.92 Å². The molecule has 1 heterocycles. The average Bonchev–Trinajstić information content (AvgIpc) is 2.84. The van der Waals surface area contributed by atoms with Crippen LogP contribution in [-0.2, 0) is 14.3 Å². The topological polar surface area (TPSA) is 55.4 Å². The second-order valence-electron chi connectivity index (χ2n) is 9.30. The van der Waals surface area contributed by atoms with Crippen LogP contribution in [0.25, 0.3) is 0 Å². The fourth-order valence-corrected chi connectivity index (χ4v) is 7.05. The van der Waals surface area contributed by atoms with Gasteiger partial charge in [0.15, 0.2) is 0 Å². The first-order chi connectivity index (χ1) is 11.3. The minimum Gasteiger partial charge on any atom is -0.462 e. The number of amides is 1. The maximum Gasteiger partial charge on any atom is 0.302 e. The van der Waals surface area contributed by atoms with Crippen LogP contribution < -0.4 is 5.32 Å². The van der Waals surface area contributed by atoms with Gasteiger partial charge in [-0.25, -0.2) is 0 Å². The Bertz CT molecular complexity index is 561. The lowest BCUT2D eigenvalue weighted by molar-refractivity contribution is -0.160. The van der Waals surface area contributed by atoms with E-state index in [2.05, 4.69) is 19.2 Å².